The van der Waals surface area contributed by atoms with Gasteiger partial charge in [-0.15, -0.1) is 0 Å². The van der Waals surface area contributed by atoms with E-state index >= 15 is 0 Å². The van der Waals surface area contributed by atoms with Crippen LogP contribution in [0.4, 0.5) is 13.2 Å². The maximum atomic E-state index is 12.3. The van der Waals surface area contributed by atoms with E-state index in [1.165, 1.54) is 18.0 Å². The quantitative estimate of drug-likeness (QED) is 0.560. The zero-order valence-corrected chi connectivity index (χ0v) is 12.3. The van der Waals surface area contributed by atoms with Crippen LogP contribution in [0.5, 0.6) is 0 Å². The van der Waals surface area contributed by atoms with E-state index in [0.29, 0.717) is 0 Å². The number of hydrogen-bond acceptors (Lipinski definition) is 2. The van der Waals surface area contributed by atoms with Crippen LogP contribution < -0.4 is 0 Å². The second kappa shape index (κ2) is 5.99. The summed E-state index contributed by atoms with van der Waals surface area (Å²) in [5.41, 5.74) is 1.74. The maximum absolute atomic E-state index is 12.3. The molecule has 0 aliphatic carbocycles. The number of rotatable bonds is 3. The summed E-state index contributed by atoms with van der Waals surface area (Å²) in [6.07, 6.45) is -5.08. The topological polar surface area (TPSA) is 12.4 Å². The minimum atomic E-state index is -4.18. The first-order chi connectivity index (χ1) is 8.57. The van der Waals surface area contributed by atoms with Crippen molar-refractivity contribution >= 4 is 17.7 Å². The lowest BCUT2D eigenvalue weighted by Gasteiger charge is -2.14. The minimum Gasteiger partial charge on any atom is -0.220 e. The highest BCUT2D eigenvalue weighted by Crippen LogP contribution is 2.26. The summed E-state index contributed by atoms with van der Waals surface area (Å²) in [7, 11) is 0. The SMILES string of the molecule is C/C(=N\SC(C)(C)C)c1cccc(CC(F)(F)F)c1. The highest BCUT2D eigenvalue weighted by atomic mass is 32.2. The Morgan fingerprint density at radius 2 is 1.84 bits per heavy atom. The van der Waals surface area contributed by atoms with E-state index in [-0.39, 0.29) is 10.3 Å². The van der Waals surface area contributed by atoms with E-state index in [2.05, 4.69) is 4.40 Å². The molecule has 0 bridgehead atoms. The van der Waals surface area contributed by atoms with Crippen LogP contribution in [0.1, 0.15) is 38.8 Å². The molecule has 0 radical (unpaired) electrons. The van der Waals surface area contributed by atoms with Crippen LogP contribution in [-0.2, 0) is 6.42 Å². The predicted molar refractivity (Wildman–Crippen MR) is 75.8 cm³/mol. The Hall–Kier alpha value is -0.970. The summed E-state index contributed by atoms with van der Waals surface area (Å²) in [6.45, 7) is 7.92. The van der Waals surface area contributed by atoms with E-state index in [0.717, 1.165) is 11.3 Å². The predicted octanol–water partition coefficient (Wildman–Crippen LogP) is 5.05. The molecule has 0 unspecified atom stereocenters. The molecule has 1 rings (SSSR count). The monoisotopic (exact) mass is 289 g/mol. The molecule has 0 atom stereocenters. The van der Waals surface area contributed by atoms with Gasteiger partial charge in [0, 0.05) is 4.75 Å². The molecule has 1 nitrogen and oxygen atoms in total. The Bertz CT molecular complexity index is 458. The summed E-state index contributed by atoms with van der Waals surface area (Å²) < 4.78 is 41.4. The Morgan fingerprint density at radius 3 is 2.37 bits per heavy atom. The fourth-order valence-corrected chi connectivity index (χ4v) is 1.91. The Balaban J connectivity index is 2.87. The van der Waals surface area contributed by atoms with E-state index in [9.17, 15) is 13.2 Å². The molecular weight excluding hydrogens is 271 g/mol. The second-order valence-corrected chi connectivity index (χ2v) is 6.96. The summed E-state index contributed by atoms with van der Waals surface area (Å²) in [5, 5.41) is 0. The van der Waals surface area contributed by atoms with Gasteiger partial charge >= 0.3 is 6.18 Å². The normalized spacial score (nSPS) is 13.7. The molecule has 106 valence electrons. The van der Waals surface area contributed by atoms with Gasteiger partial charge in [0.1, 0.15) is 0 Å². The first-order valence-corrected chi connectivity index (χ1v) is 6.73. The Kier molecular flexibility index (Phi) is 5.07. The molecule has 0 fully saturated rings. The van der Waals surface area contributed by atoms with Crippen molar-refractivity contribution < 1.29 is 13.2 Å². The third-order valence-electron chi connectivity index (χ3n) is 2.21. The van der Waals surface area contributed by atoms with Crippen LogP contribution in [0.2, 0.25) is 0 Å². The summed E-state index contributed by atoms with van der Waals surface area (Å²) in [6, 6.07) is 6.45. The van der Waals surface area contributed by atoms with Gasteiger partial charge in [-0.2, -0.15) is 13.2 Å². The molecule has 1 aromatic rings. The van der Waals surface area contributed by atoms with Gasteiger partial charge in [0.15, 0.2) is 0 Å². The van der Waals surface area contributed by atoms with Crippen molar-refractivity contribution in [3.8, 4) is 0 Å². The standard InChI is InChI=1S/C14H18F3NS/c1-10(18-19-13(2,3)4)12-7-5-6-11(8-12)9-14(15,16)17/h5-8H,9H2,1-4H3/b18-10+. The van der Waals surface area contributed by atoms with E-state index in [1.807, 2.05) is 27.7 Å². The first-order valence-electron chi connectivity index (χ1n) is 5.96. The fraction of sp³-hybridized carbons (Fsp3) is 0.500. The molecular formula is C14H18F3NS. The minimum absolute atomic E-state index is 0.00909. The smallest absolute Gasteiger partial charge is 0.220 e. The van der Waals surface area contributed by atoms with Crippen LogP contribution in [0.15, 0.2) is 28.7 Å². The van der Waals surface area contributed by atoms with Crippen molar-refractivity contribution in [2.45, 2.75) is 45.0 Å². The average Bonchev–Trinajstić information content (AvgIpc) is 2.23. The molecule has 0 aromatic heterocycles. The summed E-state index contributed by atoms with van der Waals surface area (Å²) in [5.74, 6) is 0. The molecule has 0 saturated carbocycles. The van der Waals surface area contributed by atoms with Crippen LogP contribution in [0.25, 0.3) is 0 Å². The van der Waals surface area contributed by atoms with Gasteiger partial charge in [-0.1, -0.05) is 18.2 Å². The van der Waals surface area contributed by atoms with Gasteiger partial charge in [-0.05, 0) is 56.8 Å². The van der Waals surface area contributed by atoms with Gasteiger partial charge in [-0.25, -0.2) is 4.40 Å². The third-order valence-corrected chi connectivity index (χ3v) is 3.12. The summed E-state index contributed by atoms with van der Waals surface area (Å²) in [4.78, 5) is 0. The zero-order chi connectivity index (χ0) is 14.7. The maximum Gasteiger partial charge on any atom is 0.393 e. The largest absolute Gasteiger partial charge is 0.393 e. The molecule has 0 aliphatic heterocycles. The molecule has 0 spiro atoms. The fourth-order valence-electron chi connectivity index (χ4n) is 1.40. The molecule has 0 aliphatic rings. The number of alkyl halides is 3. The molecule has 0 amide bonds. The zero-order valence-electron chi connectivity index (χ0n) is 11.5. The van der Waals surface area contributed by atoms with Crippen LogP contribution in [0.3, 0.4) is 0 Å². The third kappa shape index (κ3) is 6.66. The van der Waals surface area contributed by atoms with Crippen molar-refractivity contribution in [1.82, 2.24) is 0 Å². The van der Waals surface area contributed by atoms with Crippen LogP contribution >= 0.6 is 11.9 Å². The van der Waals surface area contributed by atoms with Gasteiger partial charge in [0.05, 0.1) is 12.1 Å². The molecule has 0 N–H and O–H groups in total. The first kappa shape index (κ1) is 16.1. The highest BCUT2D eigenvalue weighted by molar-refractivity contribution is 7.99. The lowest BCUT2D eigenvalue weighted by Crippen LogP contribution is -2.12. The van der Waals surface area contributed by atoms with Crippen molar-refractivity contribution in [3.05, 3.63) is 35.4 Å². The van der Waals surface area contributed by atoms with E-state index < -0.39 is 12.6 Å². The number of benzene rings is 1. The Morgan fingerprint density at radius 1 is 1.21 bits per heavy atom. The van der Waals surface area contributed by atoms with Crippen LogP contribution in [-0.4, -0.2) is 16.6 Å². The number of hydrogen-bond donors (Lipinski definition) is 0. The average molecular weight is 289 g/mol. The van der Waals surface area contributed by atoms with Gasteiger partial charge in [0.2, 0.25) is 0 Å². The van der Waals surface area contributed by atoms with Crippen molar-refractivity contribution in [2.24, 2.45) is 4.40 Å². The highest BCUT2D eigenvalue weighted by Gasteiger charge is 2.27. The lowest BCUT2D eigenvalue weighted by atomic mass is 10.1. The Labute approximate surface area is 116 Å². The molecule has 19 heavy (non-hydrogen) atoms. The van der Waals surface area contributed by atoms with Crippen molar-refractivity contribution in [1.29, 1.82) is 0 Å². The lowest BCUT2D eigenvalue weighted by molar-refractivity contribution is -0.127. The number of nitrogens with zero attached hydrogens (tertiary/aromatic N) is 1. The van der Waals surface area contributed by atoms with Crippen molar-refractivity contribution in [2.75, 3.05) is 0 Å². The molecule has 0 heterocycles. The molecule has 0 saturated heterocycles. The number of halogens is 3. The van der Waals surface area contributed by atoms with E-state index in [1.54, 1.807) is 18.2 Å². The van der Waals surface area contributed by atoms with Crippen molar-refractivity contribution in [3.63, 3.8) is 0 Å². The van der Waals surface area contributed by atoms with Crippen LogP contribution in [0, 0.1) is 0 Å². The second-order valence-electron chi connectivity index (χ2n) is 5.37. The summed E-state index contributed by atoms with van der Waals surface area (Å²) >= 11 is 1.42. The van der Waals surface area contributed by atoms with Gasteiger partial charge in [0.25, 0.3) is 0 Å². The van der Waals surface area contributed by atoms with Gasteiger partial charge < -0.3 is 0 Å². The molecule has 5 heteroatoms. The molecule has 1 aromatic carbocycles. The van der Waals surface area contributed by atoms with Gasteiger partial charge in [-0.3, -0.25) is 0 Å². The van der Waals surface area contributed by atoms with E-state index in [4.69, 9.17) is 0 Å².